The number of aromatic nitrogens is 3. The lowest BCUT2D eigenvalue weighted by atomic mass is 10.2. The first-order valence-electron chi connectivity index (χ1n) is 6.28. The molecule has 0 saturated heterocycles. The second-order valence-corrected chi connectivity index (χ2v) is 4.50. The molecule has 0 radical (unpaired) electrons. The zero-order valence-electron chi connectivity index (χ0n) is 11.3. The lowest BCUT2D eigenvalue weighted by molar-refractivity contribution is 0.186. The number of hydrogen-bond acceptors (Lipinski definition) is 4. The van der Waals surface area contributed by atoms with Crippen LogP contribution in [0.2, 0.25) is 0 Å². The maximum absolute atomic E-state index is 12.4. The zero-order valence-corrected chi connectivity index (χ0v) is 11.3. The minimum Gasteiger partial charge on any atom is -0.497 e. The number of hydrogen-bond donors (Lipinski definition) is 1. The van der Waals surface area contributed by atoms with Gasteiger partial charge in [0.2, 0.25) is 0 Å². The van der Waals surface area contributed by atoms with Crippen molar-refractivity contribution >= 4 is 21.9 Å². The van der Waals surface area contributed by atoms with Crippen molar-refractivity contribution in [3.8, 4) is 5.75 Å². The van der Waals surface area contributed by atoms with Crippen LogP contribution in [0, 0.1) is 0 Å². The van der Waals surface area contributed by atoms with Crippen LogP contribution >= 0.6 is 0 Å². The highest BCUT2D eigenvalue weighted by Gasteiger charge is 2.11. The molecule has 0 amide bonds. The van der Waals surface area contributed by atoms with Crippen LogP contribution in [0.25, 0.3) is 21.9 Å². The Balaban J connectivity index is 2.22. The van der Waals surface area contributed by atoms with Crippen molar-refractivity contribution in [2.75, 3.05) is 20.8 Å². The second-order valence-electron chi connectivity index (χ2n) is 4.50. The lowest BCUT2D eigenvalue weighted by Gasteiger charge is -2.03. The third-order valence-corrected chi connectivity index (χ3v) is 3.32. The summed E-state index contributed by atoms with van der Waals surface area (Å²) in [6.45, 7) is 0.956. The van der Waals surface area contributed by atoms with E-state index < -0.39 is 0 Å². The Morgan fingerprint density at radius 3 is 2.95 bits per heavy atom. The maximum atomic E-state index is 12.4. The van der Waals surface area contributed by atoms with Gasteiger partial charge in [-0.25, -0.2) is 4.98 Å². The molecule has 20 heavy (non-hydrogen) atoms. The summed E-state index contributed by atoms with van der Waals surface area (Å²) in [6, 6.07) is 5.61. The Morgan fingerprint density at radius 2 is 2.20 bits per heavy atom. The summed E-state index contributed by atoms with van der Waals surface area (Å²) < 4.78 is 11.7. The van der Waals surface area contributed by atoms with E-state index in [1.807, 2.05) is 18.2 Å². The van der Waals surface area contributed by atoms with E-state index in [0.29, 0.717) is 24.2 Å². The van der Waals surface area contributed by atoms with Crippen molar-refractivity contribution in [3.63, 3.8) is 0 Å². The Labute approximate surface area is 115 Å². The first kappa shape index (κ1) is 12.7. The van der Waals surface area contributed by atoms with E-state index in [-0.39, 0.29) is 5.56 Å². The topological polar surface area (TPSA) is 69.1 Å². The molecule has 3 aromatic rings. The fourth-order valence-electron chi connectivity index (χ4n) is 2.25. The molecular formula is C14H15N3O3. The van der Waals surface area contributed by atoms with Gasteiger partial charge in [0.25, 0.3) is 5.56 Å². The van der Waals surface area contributed by atoms with Crippen LogP contribution in [0.3, 0.4) is 0 Å². The third kappa shape index (κ3) is 1.94. The summed E-state index contributed by atoms with van der Waals surface area (Å²) in [5.41, 5.74) is 1.93. The number of methoxy groups -OCH3 is 2. The van der Waals surface area contributed by atoms with E-state index in [2.05, 4.69) is 9.97 Å². The number of fused-ring (bicyclic) bond motifs is 3. The molecule has 0 spiro atoms. The molecule has 3 rings (SSSR count). The number of H-pyrrole nitrogens is 1. The monoisotopic (exact) mass is 273 g/mol. The van der Waals surface area contributed by atoms with Crippen molar-refractivity contribution in [3.05, 3.63) is 34.9 Å². The van der Waals surface area contributed by atoms with E-state index >= 15 is 0 Å². The second kappa shape index (κ2) is 4.97. The van der Waals surface area contributed by atoms with Crippen LogP contribution in [0.15, 0.2) is 29.3 Å². The van der Waals surface area contributed by atoms with Crippen LogP contribution < -0.4 is 10.3 Å². The van der Waals surface area contributed by atoms with Gasteiger partial charge < -0.3 is 14.5 Å². The summed E-state index contributed by atoms with van der Waals surface area (Å²) >= 11 is 0. The van der Waals surface area contributed by atoms with Crippen LogP contribution in [0.5, 0.6) is 5.75 Å². The Kier molecular flexibility index (Phi) is 3.15. The van der Waals surface area contributed by atoms with E-state index in [1.54, 1.807) is 25.1 Å². The van der Waals surface area contributed by atoms with Crippen molar-refractivity contribution in [1.29, 1.82) is 0 Å². The molecule has 0 saturated carbocycles. The lowest BCUT2D eigenvalue weighted by Crippen LogP contribution is -2.22. The molecule has 2 aromatic heterocycles. The molecule has 0 aliphatic rings. The van der Waals surface area contributed by atoms with Crippen molar-refractivity contribution < 1.29 is 9.47 Å². The number of benzene rings is 1. The highest BCUT2D eigenvalue weighted by atomic mass is 16.5. The average Bonchev–Trinajstić information content (AvgIpc) is 2.85. The quantitative estimate of drug-likeness (QED) is 0.782. The highest BCUT2D eigenvalue weighted by Crippen LogP contribution is 2.25. The Bertz CT molecular complexity index is 819. The summed E-state index contributed by atoms with van der Waals surface area (Å²) in [4.78, 5) is 19.9. The minimum absolute atomic E-state index is 0.0952. The molecule has 0 aliphatic heterocycles. The van der Waals surface area contributed by atoms with Gasteiger partial charge in [0, 0.05) is 18.6 Å². The Morgan fingerprint density at radius 1 is 1.35 bits per heavy atom. The van der Waals surface area contributed by atoms with E-state index in [0.717, 1.165) is 16.7 Å². The molecule has 0 bridgehead atoms. The van der Waals surface area contributed by atoms with Crippen LogP contribution in [-0.2, 0) is 11.3 Å². The summed E-state index contributed by atoms with van der Waals surface area (Å²) in [5, 5.41) is 0.914. The molecule has 6 nitrogen and oxygen atoms in total. The SMILES string of the molecule is COCCn1cnc2c([nH]c3cc(OC)ccc32)c1=O. The van der Waals surface area contributed by atoms with Crippen molar-refractivity contribution in [2.24, 2.45) is 0 Å². The van der Waals surface area contributed by atoms with Gasteiger partial charge in [0.1, 0.15) is 16.8 Å². The minimum atomic E-state index is -0.0952. The summed E-state index contributed by atoms with van der Waals surface area (Å²) in [5.74, 6) is 0.740. The maximum Gasteiger partial charge on any atom is 0.277 e. The van der Waals surface area contributed by atoms with Gasteiger partial charge in [-0.3, -0.25) is 9.36 Å². The molecule has 1 N–H and O–H groups in total. The number of aromatic amines is 1. The summed E-state index contributed by atoms with van der Waals surface area (Å²) in [7, 11) is 3.21. The molecule has 6 heteroatoms. The predicted octanol–water partition coefficient (Wildman–Crippen LogP) is 1.53. The van der Waals surface area contributed by atoms with Gasteiger partial charge in [0.05, 0.1) is 32.1 Å². The predicted molar refractivity (Wildman–Crippen MR) is 76.3 cm³/mol. The van der Waals surface area contributed by atoms with E-state index in [9.17, 15) is 4.79 Å². The van der Waals surface area contributed by atoms with Crippen LogP contribution in [0.1, 0.15) is 0 Å². The number of nitrogens with one attached hydrogen (secondary N) is 1. The first-order valence-corrected chi connectivity index (χ1v) is 6.28. The molecule has 104 valence electrons. The average molecular weight is 273 g/mol. The zero-order chi connectivity index (χ0) is 14.1. The van der Waals surface area contributed by atoms with Gasteiger partial charge >= 0.3 is 0 Å². The normalized spacial score (nSPS) is 11.3. The van der Waals surface area contributed by atoms with Crippen molar-refractivity contribution in [1.82, 2.24) is 14.5 Å². The van der Waals surface area contributed by atoms with Gasteiger partial charge in [-0.1, -0.05) is 0 Å². The van der Waals surface area contributed by atoms with Gasteiger partial charge in [0.15, 0.2) is 0 Å². The fourth-order valence-corrected chi connectivity index (χ4v) is 2.25. The van der Waals surface area contributed by atoms with Gasteiger partial charge in [-0.2, -0.15) is 0 Å². The number of ether oxygens (including phenoxy) is 2. The third-order valence-electron chi connectivity index (χ3n) is 3.32. The van der Waals surface area contributed by atoms with Crippen molar-refractivity contribution in [2.45, 2.75) is 6.54 Å². The molecule has 0 unspecified atom stereocenters. The smallest absolute Gasteiger partial charge is 0.277 e. The molecule has 2 heterocycles. The standard InChI is InChI=1S/C14H15N3O3/c1-19-6-5-17-8-15-12-10-4-3-9(20-2)7-11(10)16-13(12)14(17)18/h3-4,7-8,16H,5-6H2,1-2H3. The van der Waals surface area contributed by atoms with Crippen LogP contribution in [0.4, 0.5) is 0 Å². The number of rotatable bonds is 4. The first-order chi connectivity index (χ1) is 9.74. The number of nitrogens with zero attached hydrogens (tertiary/aromatic N) is 2. The largest absolute Gasteiger partial charge is 0.497 e. The van der Waals surface area contributed by atoms with Crippen LogP contribution in [-0.4, -0.2) is 35.4 Å². The highest BCUT2D eigenvalue weighted by molar-refractivity contribution is 6.04. The van der Waals surface area contributed by atoms with E-state index in [4.69, 9.17) is 9.47 Å². The molecular weight excluding hydrogens is 258 g/mol. The fraction of sp³-hybridized carbons (Fsp3) is 0.286. The molecule has 0 aliphatic carbocycles. The molecule has 1 aromatic carbocycles. The molecule has 0 fully saturated rings. The van der Waals surface area contributed by atoms with E-state index in [1.165, 1.54) is 0 Å². The van der Waals surface area contributed by atoms with Gasteiger partial charge in [-0.05, 0) is 12.1 Å². The Hall–Kier alpha value is -2.34. The summed E-state index contributed by atoms with van der Waals surface area (Å²) in [6.07, 6.45) is 1.56. The molecule has 0 atom stereocenters. The van der Waals surface area contributed by atoms with Gasteiger partial charge in [-0.15, -0.1) is 0 Å².